The number of hydrogen-bond donors (Lipinski definition) is 3. The molecule has 0 saturated carbocycles. The number of aromatic hydroxyl groups is 2. The van der Waals surface area contributed by atoms with E-state index in [9.17, 15) is 24.6 Å². The van der Waals surface area contributed by atoms with Gasteiger partial charge in [0.05, 0.1) is 25.4 Å². The van der Waals surface area contributed by atoms with E-state index in [2.05, 4.69) is 10.1 Å². The van der Waals surface area contributed by atoms with Crippen molar-refractivity contribution in [2.75, 3.05) is 7.11 Å². The van der Waals surface area contributed by atoms with Crippen molar-refractivity contribution in [2.45, 2.75) is 32.4 Å². The number of phenols is 1. The molecule has 0 fully saturated rings. The predicted molar refractivity (Wildman–Crippen MR) is 124 cm³/mol. The van der Waals surface area contributed by atoms with Gasteiger partial charge >= 0.3 is 5.69 Å². The predicted octanol–water partition coefficient (Wildman–Crippen LogP) is 2.09. The normalized spacial score (nSPS) is 15.3. The fraction of sp³-hybridized carbons (Fsp3) is 0.250. The Kier molecular flexibility index (Phi) is 6.22. The van der Waals surface area contributed by atoms with E-state index < -0.39 is 23.2 Å². The highest BCUT2D eigenvalue weighted by molar-refractivity contribution is 6.04. The molecule has 3 aromatic rings. The maximum Gasteiger partial charge on any atom is 0.331 e. The molecule has 1 unspecified atom stereocenters. The fourth-order valence-corrected chi connectivity index (χ4v) is 3.96. The van der Waals surface area contributed by atoms with Gasteiger partial charge in [-0.3, -0.25) is 19.1 Å². The van der Waals surface area contributed by atoms with Crippen molar-refractivity contribution < 1.29 is 19.7 Å². The van der Waals surface area contributed by atoms with Crippen molar-refractivity contribution in [3.8, 4) is 17.4 Å². The molecule has 1 aromatic heterocycles. The number of nitrogens with one attached hydrogen (secondary N) is 1. The van der Waals surface area contributed by atoms with E-state index in [1.807, 2.05) is 6.07 Å². The molecular formula is C24H24N4O6. The standard InChI is InChI=1S/C24H24N4O6/c1-3-20(30)28-17(15-9-10-19(34-2)18(29)11-15)12-16(26-28)21-22(31)25-24(33)27(23(21)32)13-14-7-5-4-6-8-14/h4-11,17,29,32H,3,12-13H2,1-2H3,(H,25,31,33). The van der Waals surface area contributed by atoms with Crippen molar-refractivity contribution >= 4 is 11.6 Å². The number of amides is 1. The Morgan fingerprint density at radius 2 is 1.91 bits per heavy atom. The molecule has 1 aliphatic heterocycles. The molecule has 3 N–H and O–H groups in total. The van der Waals surface area contributed by atoms with Crippen LogP contribution in [0.5, 0.6) is 17.4 Å². The summed E-state index contributed by atoms with van der Waals surface area (Å²) in [5.41, 5.74) is -0.250. The first-order chi connectivity index (χ1) is 16.3. The number of benzene rings is 2. The minimum absolute atomic E-state index is 0.0377. The number of hydrazone groups is 1. The SMILES string of the molecule is CCC(=O)N1N=C(c2c(O)n(Cc3ccccc3)c(=O)[nH]c2=O)CC1c1ccc(OC)c(O)c1. The zero-order chi connectivity index (χ0) is 24.4. The van der Waals surface area contributed by atoms with Gasteiger partial charge in [-0.25, -0.2) is 9.80 Å². The van der Waals surface area contributed by atoms with Gasteiger partial charge < -0.3 is 14.9 Å². The molecule has 0 bridgehead atoms. The van der Waals surface area contributed by atoms with Crippen LogP contribution in [0.15, 0.2) is 63.2 Å². The molecule has 1 amide bonds. The minimum Gasteiger partial charge on any atom is -0.504 e. The Balaban J connectivity index is 1.77. The molecule has 10 heteroatoms. The average molecular weight is 464 g/mol. The van der Waals surface area contributed by atoms with Crippen LogP contribution in [0.3, 0.4) is 0 Å². The molecular weight excluding hydrogens is 440 g/mol. The number of carbonyl (C=O) groups is 1. The third-order valence-electron chi connectivity index (χ3n) is 5.70. The molecule has 0 saturated heterocycles. The van der Waals surface area contributed by atoms with Crippen LogP contribution in [0.2, 0.25) is 0 Å². The number of H-pyrrole nitrogens is 1. The maximum absolute atomic E-state index is 12.7. The van der Waals surface area contributed by atoms with E-state index in [0.717, 1.165) is 10.1 Å². The highest BCUT2D eigenvalue weighted by Crippen LogP contribution is 2.37. The van der Waals surface area contributed by atoms with Crippen molar-refractivity contribution in [3.05, 3.63) is 86.1 Å². The lowest BCUT2D eigenvalue weighted by Crippen LogP contribution is -2.34. The number of rotatable bonds is 6. The van der Waals surface area contributed by atoms with Gasteiger partial charge in [0, 0.05) is 12.8 Å². The molecule has 34 heavy (non-hydrogen) atoms. The van der Waals surface area contributed by atoms with Gasteiger partial charge in [0.1, 0.15) is 5.56 Å². The lowest BCUT2D eigenvalue weighted by Gasteiger charge is -2.22. The van der Waals surface area contributed by atoms with Gasteiger partial charge in [-0.1, -0.05) is 43.3 Å². The monoisotopic (exact) mass is 464 g/mol. The van der Waals surface area contributed by atoms with Gasteiger partial charge in [0.25, 0.3) is 5.56 Å². The van der Waals surface area contributed by atoms with E-state index in [4.69, 9.17) is 4.74 Å². The Bertz CT molecular complexity index is 1380. The third kappa shape index (κ3) is 4.17. The summed E-state index contributed by atoms with van der Waals surface area (Å²) < 4.78 is 6.13. The van der Waals surface area contributed by atoms with Gasteiger partial charge in [-0.15, -0.1) is 0 Å². The molecule has 2 heterocycles. The average Bonchev–Trinajstić information content (AvgIpc) is 3.26. The molecule has 10 nitrogen and oxygen atoms in total. The number of carbonyl (C=O) groups excluding carboxylic acids is 1. The second kappa shape index (κ2) is 9.26. The summed E-state index contributed by atoms with van der Waals surface area (Å²) in [6, 6.07) is 13.1. The van der Waals surface area contributed by atoms with Gasteiger partial charge in [-0.2, -0.15) is 5.10 Å². The Morgan fingerprint density at radius 1 is 1.18 bits per heavy atom. The van der Waals surface area contributed by atoms with Crippen LogP contribution in [0, 0.1) is 0 Å². The van der Waals surface area contributed by atoms with Crippen LogP contribution in [0.1, 0.15) is 42.5 Å². The summed E-state index contributed by atoms with van der Waals surface area (Å²) in [7, 11) is 1.43. The van der Waals surface area contributed by atoms with Crippen LogP contribution in [0.4, 0.5) is 0 Å². The highest BCUT2D eigenvalue weighted by Gasteiger charge is 2.35. The van der Waals surface area contributed by atoms with E-state index >= 15 is 0 Å². The zero-order valence-corrected chi connectivity index (χ0v) is 18.7. The summed E-state index contributed by atoms with van der Waals surface area (Å²) in [5, 5.41) is 26.7. The topological polar surface area (TPSA) is 137 Å². The van der Waals surface area contributed by atoms with Crippen LogP contribution < -0.4 is 16.0 Å². The van der Waals surface area contributed by atoms with Gasteiger partial charge in [0.2, 0.25) is 11.8 Å². The molecule has 0 spiro atoms. The lowest BCUT2D eigenvalue weighted by atomic mass is 9.98. The van der Waals surface area contributed by atoms with E-state index in [1.54, 1.807) is 43.3 Å². The quantitative estimate of drug-likeness (QED) is 0.511. The first-order valence-electron chi connectivity index (χ1n) is 10.7. The number of ether oxygens (including phenoxy) is 1. The largest absolute Gasteiger partial charge is 0.504 e. The number of hydrogen-bond acceptors (Lipinski definition) is 7. The second-order valence-electron chi connectivity index (χ2n) is 7.82. The number of phenolic OH excluding ortho intramolecular Hbond substituents is 1. The Morgan fingerprint density at radius 3 is 2.56 bits per heavy atom. The lowest BCUT2D eigenvalue weighted by molar-refractivity contribution is -0.132. The Labute approximate surface area is 194 Å². The Hall–Kier alpha value is -4.34. The van der Waals surface area contributed by atoms with Crippen molar-refractivity contribution in [1.29, 1.82) is 0 Å². The van der Waals surface area contributed by atoms with Gasteiger partial charge in [-0.05, 0) is 23.3 Å². The molecule has 4 rings (SSSR count). The van der Waals surface area contributed by atoms with E-state index in [0.29, 0.717) is 5.56 Å². The molecule has 176 valence electrons. The molecule has 1 atom stereocenters. The first kappa shape index (κ1) is 22.8. The second-order valence-corrected chi connectivity index (χ2v) is 7.82. The van der Waals surface area contributed by atoms with Crippen LogP contribution >= 0.6 is 0 Å². The van der Waals surface area contributed by atoms with Crippen molar-refractivity contribution in [2.24, 2.45) is 5.10 Å². The molecule has 1 aliphatic rings. The minimum atomic E-state index is -0.798. The molecule has 2 aromatic carbocycles. The van der Waals surface area contributed by atoms with Crippen molar-refractivity contribution in [3.63, 3.8) is 0 Å². The fourth-order valence-electron chi connectivity index (χ4n) is 3.96. The summed E-state index contributed by atoms with van der Waals surface area (Å²) in [4.78, 5) is 40.0. The van der Waals surface area contributed by atoms with Gasteiger partial charge in [0.15, 0.2) is 11.5 Å². The molecule has 0 radical (unpaired) electrons. The first-order valence-corrected chi connectivity index (χ1v) is 10.7. The number of aromatic nitrogens is 2. The van der Waals surface area contributed by atoms with Crippen LogP contribution in [-0.2, 0) is 11.3 Å². The summed E-state index contributed by atoms with van der Waals surface area (Å²) in [6.07, 6.45) is 0.253. The molecule has 0 aliphatic carbocycles. The summed E-state index contributed by atoms with van der Waals surface area (Å²) >= 11 is 0. The smallest absolute Gasteiger partial charge is 0.331 e. The number of methoxy groups -OCH3 is 1. The van der Waals surface area contributed by atoms with Crippen LogP contribution in [0.25, 0.3) is 0 Å². The highest BCUT2D eigenvalue weighted by atomic mass is 16.5. The van der Waals surface area contributed by atoms with Crippen LogP contribution in [-0.4, -0.2) is 43.5 Å². The maximum atomic E-state index is 12.7. The zero-order valence-electron chi connectivity index (χ0n) is 18.7. The van der Waals surface area contributed by atoms with E-state index in [1.165, 1.54) is 18.2 Å². The summed E-state index contributed by atoms with van der Waals surface area (Å²) in [5.74, 6) is -0.657. The number of aromatic amines is 1. The summed E-state index contributed by atoms with van der Waals surface area (Å²) in [6.45, 7) is 1.72. The third-order valence-corrected chi connectivity index (χ3v) is 5.70. The van der Waals surface area contributed by atoms with Crippen molar-refractivity contribution in [1.82, 2.24) is 14.6 Å². The van der Waals surface area contributed by atoms with E-state index in [-0.39, 0.29) is 48.1 Å². The number of nitrogens with zero attached hydrogens (tertiary/aromatic N) is 3.